The number of hydrogen-bond donors (Lipinski definition) is 2. The molecule has 0 aliphatic heterocycles. The molecule has 35 heavy (non-hydrogen) atoms. The van der Waals surface area contributed by atoms with E-state index in [4.69, 9.17) is 11.6 Å². The first kappa shape index (κ1) is 24.2. The third kappa shape index (κ3) is 6.14. The Morgan fingerprint density at radius 3 is 2.43 bits per heavy atom. The van der Waals surface area contributed by atoms with Gasteiger partial charge in [-0.1, -0.05) is 53.6 Å². The largest absolute Gasteiger partial charge is 0.545 e. The number of H-pyrrole nitrogens is 1. The van der Waals surface area contributed by atoms with E-state index in [2.05, 4.69) is 20.7 Å². The lowest BCUT2D eigenvalue weighted by atomic mass is 10.1. The van der Waals surface area contributed by atoms with E-state index in [9.17, 15) is 14.7 Å². The second kappa shape index (κ2) is 11.0. The van der Waals surface area contributed by atoms with Crippen molar-refractivity contribution < 1.29 is 19.3 Å². The van der Waals surface area contributed by atoms with Crippen LogP contribution in [0, 0.1) is 6.92 Å². The van der Waals surface area contributed by atoms with E-state index in [0.717, 1.165) is 22.6 Å². The van der Waals surface area contributed by atoms with Gasteiger partial charge in [-0.25, -0.2) is 5.43 Å². The Labute approximate surface area is 210 Å². The van der Waals surface area contributed by atoms with Crippen LogP contribution >= 0.6 is 23.4 Å². The molecule has 0 radical (unpaired) electrons. The molecule has 0 aliphatic carbocycles. The van der Waals surface area contributed by atoms with Gasteiger partial charge in [0.1, 0.15) is 5.69 Å². The number of carboxylic acids is 1. The fraction of sp³-hybridized carbons (Fsp3) is 0.0800. The molecule has 1 aromatic heterocycles. The number of nitrogens with zero attached hydrogens (tertiary/aromatic N) is 3. The van der Waals surface area contributed by atoms with Gasteiger partial charge in [0.15, 0.2) is 0 Å². The minimum absolute atomic E-state index is 0.0700. The molecule has 0 spiro atoms. The lowest BCUT2D eigenvalue weighted by Crippen LogP contribution is -2.34. The normalized spacial score (nSPS) is 11.0. The zero-order valence-electron chi connectivity index (χ0n) is 18.6. The Hall–Kier alpha value is -3.95. The summed E-state index contributed by atoms with van der Waals surface area (Å²) in [5.41, 5.74) is 6.12. The first-order valence-corrected chi connectivity index (χ1v) is 11.9. The highest BCUT2D eigenvalue weighted by atomic mass is 35.5. The predicted molar refractivity (Wildman–Crippen MR) is 133 cm³/mol. The van der Waals surface area contributed by atoms with Crippen LogP contribution in [0.15, 0.2) is 83.1 Å². The van der Waals surface area contributed by atoms with E-state index >= 15 is 0 Å². The summed E-state index contributed by atoms with van der Waals surface area (Å²) >= 11 is 7.32. The maximum absolute atomic E-state index is 12.4. The lowest BCUT2D eigenvalue weighted by Gasteiger charge is -2.05. The fourth-order valence-electron chi connectivity index (χ4n) is 3.17. The van der Waals surface area contributed by atoms with Crippen molar-refractivity contribution in [1.82, 2.24) is 15.6 Å². The molecule has 176 valence electrons. The number of aromatic carboxylic acids is 1. The monoisotopic (exact) mass is 505 g/mol. The second-order valence-electron chi connectivity index (χ2n) is 7.52. The highest BCUT2D eigenvalue weighted by molar-refractivity contribution is 7.99. The Bertz CT molecular complexity index is 1370. The van der Waals surface area contributed by atoms with Crippen molar-refractivity contribution in [3.05, 3.63) is 94.5 Å². The molecule has 0 saturated carbocycles. The van der Waals surface area contributed by atoms with Gasteiger partial charge in [-0.15, -0.1) is 5.10 Å². The minimum atomic E-state index is -1.25. The topological polar surface area (TPSA) is 114 Å². The highest BCUT2D eigenvalue weighted by Gasteiger charge is 2.24. The summed E-state index contributed by atoms with van der Waals surface area (Å²) in [7, 11) is 0. The summed E-state index contributed by atoms with van der Waals surface area (Å²) in [5, 5.41) is 23.5. The first-order chi connectivity index (χ1) is 16.9. The number of benzene rings is 3. The van der Waals surface area contributed by atoms with Crippen LogP contribution in [0.5, 0.6) is 0 Å². The lowest BCUT2D eigenvalue weighted by molar-refractivity contribution is -0.625. The van der Waals surface area contributed by atoms with Crippen molar-refractivity contribution in [1.29, 1.82) is 0 Å². The van der Waals surface area contributed by atoms with Gasteiger partial charge < -0.3 is 9.90 Å². The highest BCUT2D eigenvalue weighted by Crippen LogP contribution is 2.21. The van der Waals surface area contributed by atoms with Gasteiger partial charge in [0.2, 0.25) is 0 Å². The molecule has 4 aromatic rings. The SMILES string of the molecule is Cc1ccc(-c2[nH]nc(SCC(=O)NN=Cc3ccc(C(=O)[O-])cc3)[n+]2-c2ccc(Cl)cc2)cc1. The molecule has 0 aliphatic rings. The van der Waals surface area contributed by atoms with Crippen LogP contribution in [-0.2, 0) is 4.79 Å². The Balaban J connectivity index is 1.47. The number of carboxylic acid groups (broad SMARTS) is 1. The number of amides is 1. The number of aromatic amines is 1. The third-order valence-electron chi connectivity index (χ3n) is 4.96. The average molecular weight is 506 g/mol. The quantitative estimate of drug-likeness (QED) is 0.165. The van der Waals surface area contributed by atoms with Gasteiger partial charge in [0.25, 0.3) is 11.7 Å². The van der Waals surface area contributed by atoms with Crippen LogP contribution in [0.2, 0.25) is 5.02 Å². The molecule has 4 rings (SSSR count). The molecule has 0 bridgehead atoms. The number of rotatable bonds is 8. The zero-order chi connectivity index (χ0) is 24.8. The number of carbonyl (C=O) groups excluding carboxylic acids is 2. The zero-order valence-corrected chi connectivity index (χ0v) is 20.1. The second-order valence-corrected chi connectivity index (χ2v) is 8.90. The van der Waals surface area contributed by atoms with E-state index in [1.54, 1.807) is 24.3 Å². The molecule has 0 unspecified atom stereocenters. The van der Waals surface area contributed by atoms with Gasteiger partial charge >= 0.3 is 5.16 Å². The molecule has 1 heterocycles. The summed E-state index contributed by atoms with van der Waals surface area (Å²) < 4.78 is 1.93. The summed E-state index contributed by atoms with van der Waals surface area (Å²) in [6.07, 6.45) is 1.43. The summed E-state index contributed by atoms with van der Waals surface area (Å²) in [5.74, 6) is -0.723. The number of carbonyl (C=O) groups is 2. The van der Waals surface area contributed by atoms with Crippen molar-refractivity contribution in [3.8, 4) is 17.1 Å². The fourth-order valence-corrected chi connectivity index (χ4v) is 4.06. The molecule has 1 amide bonds. The van der Waals surface area contributed by atoms with Gasteiger partial charge in [-0.2, -0.15) is 9.67 Å². The summed E-state index contributed by atoms with van der Waals surface area (Å²) in [4.78, 5) is 23.2. The Morgan fingerprint density at radius 1 is 1.09 bits per heavy atom. The van der Waals surface area contributed by atoms with Crippen molar-refractivity contribution in [2.75, 3.05) is 5.75 Å². The number of aromatic nitrogens is 3. The molecular weight excluding hydrogens is 486 g/mol. The van der Waals surface area contributed by atoms with E-state index in [0.29, 0.717) is 15.7 Å². The molecule has 10 heteroatoms. The van der Waals surface area contributed by atoms with Crippen LogP contribution in [0.4, 0.5) is 0 Å². The standard InChI is InChI=1S/C25H20ClN5O3S/c1-16-2-6-18(7-3-16)23-29-30-25(31(23)21-12-10-20(26)11-13-21)35-15-22(32)28-27-14-17-4-8-19(9-5-17)24(33)34/h2-14H,15H2,1H3,(H2,28,32,33,34). The van der Waals surface area contributed by atoms with E-state index in [1.807, 2.05) is 47.9 Å². The first-order valence-electron chi connectivity index (χ1n) is 10.5. The maximum Gasteiger partial charge on any atom is 0.342 e. The molecule has 2 N–H and O–H groups in total. The molecule has 0 saturated heterocycles. The smallest absolute Gasteiger partial charge is 0.342 e. The Morgan fingerprint density at radius 2 is 1.77 bits per heavy atom. The van der Waals surface area contributed by atoms with Gasteiger partial charge in [-0.3, -0.25) is 4.79 Å². The summed E-state index contributed by atoms with van der Waals surface area (Å²) in [6.45, 7) is 2.02. The molecule has 0 fully saturated rings. The maximum atomic E-state index is 12.4. The van der Waals surface area contributed by atoms with Crippen LogP contribution in [0.3, 0.4) is 0 Å². The summed E-state index contributed by atoms with van der Waals surface area (Å²) in [6, 6.07) is 21.4. The minimum Gasteiger partial charge on any atom is -0.545 e. The van der Waals surface area contributed by atoms with Gasteiger partial charge in [-0.05, 0) is 66.2 Å². The van der Waals surface area contributed by atoms with Crippen molar-refractivity contribution in [2.24, 2.45) is 5.10 Å². The third-order valence-corrected chi connectivity index (χ3v) is 6.15. The average Bonchev–Trinajstić information content (AvgIpc) is 3.28. The van der Waals surface area contributed by atoms with Crippen LogP contribution in [0.1, 0.15) is 21.5 Å². The van der Waals surface area contributed by atoms with Crippen molar-refractivity contribution in [2.45, 2.75) is 12.1 Å². The number of halogens is 1. The number of aryl methyl sites for hydroxylation is 1. The molecule has 8 nitrogen and oxygen atoms in total. The van der Waals surface area contributed by atoms with Gasteiger partial charge in [0.05, 0.1) is 28.6 Å². The number of nitrogens with one attached hydrogen (secondary N) is 2. The number of thioether (sulfide) groups is 1. The number of hydrazone groups is 1. The van der Waals surface area contributed by atoms with Crippen LogP contribution < -0.4 is 15.1 Å². The van der Waals surface area contributed by atoms with E-state index in [1.165, 1.54) is 30.1 Å². The van der Waals surface area contributed by atoms with Crippen LogP contribution in [0.25, 0.3) is 17.1 Å². The van der Waals surface area contributed by atoms with Crippen LogP contribution in [-0.4, -0.2) is 34.0 Å². The molecule has 3 aromatic carbocycles. The van der Waals surface area contributed by atoms with Crippen molar-refractivity contribution >= 4 is 41.5 Å². The Kier molecular flexibility index (Phi) is 7.59. The van der Waals surface area contributed by atoms with Crippen molar-refractivity contribution in [3.63, 3.8) is 0 Å². The van der Waals surface area contributed by atoms with Gasteiger partial charge in [0, 0.05) is 5.02 Å². The predicted octanol–water partition coefficient (Wildman–Crippen LogP) is 2.92. The van der Waals surface area contributed by atoms with E-state index < -0.39 is 5.97 Å². The molecule has 0 atom stereocenters. The molecular formula is C25H20ClN5O3S. The number of hydrogen-bond acceptors (Lipinski definition) is 6. The van der Waals surface area contributed by atoms with E-state index in [-0.39, 0.29) is 17.2 Å².